The second-order valence-electron chi connectivity index (χ2n) is 5.39. The Hall–Kier alpha value is -2.61. The zero-order chi connectivity index (χ0) is 14.4. The van der Waals surface area contributed by atoms with Crippen molar-refractivity contribution in [2.45, 2.75) is 13.0 Å². The molecule has 0 aliphatic carbocycles. The Balaban J connectivity index is 2.02. The van der Waals surface area contributed by atoms with E-state index < -0.39 is 0 Å². The molecule has 4 rings (SSSR count). The molecule has 0 unspecified atom stereocenters. The zero-order valence-corrected chi connectivity index (χ0v) is 11.7. The SMILES string of the molecule is Cc1ccccc1[C@@H]1OC(=O)c2ccc3ccccc3c21. The molecule has 1 aliphatic rings. The van der Waals surface area contributed by atoms with E-state index in [0.717, 1.165) is 27.5 Å². The summed E-state index contributed by atoms with van der Waals surface area (Å²) in [6.45, 7) is 2.05. The summed E-state index contributed by atoms with van der Waals surface area (Å²) in [5, 5.41) is 2.22. The number of carbonyl (C=O) groups is 1. The maximum Gasteiger partial charge on any atom is 0.339 e. The van der Waals surface area contributed by atoms with Gasteiger partial charge in [0.25, 0.3) is 0 Å². The van der Waals surface area contributed by atoms with Crippen LogP contribution in [0.2, 0.25) is 0 Å². The molecule has 2 heteroatoms. The molecule has 2 nitrogen and oxygen atoms in total. The maximum absolute atomic E-state index is 12.2. The average Bonchev–Trinajstić information content (AvgIpc) is 2.85. The predicted molar refractivity (Wildman–Crippen MR) is 82.4 cm³/mol. The number of ether oxygens (including phenoxy) is 1. The van der Waals surface area contributed by atoms with E-state index >= 15 is 0 Å². The molecule has 3 aromatic rings. The van der Waals surface area contributed by atoms with Crippen LogP contribution < -0.4 is 0 Å². The van der Waals surface area contributed by atoms with Gasteiger partial charge in [-0.2, -0.15) is 0 Å². The van der Waals surface area contributed by atoms with Crippen molar-refractivity contribution in [3.8, 4) is 0 Å². The monoisotopic (exact) mass is 274 g/mol. The van der Waals surface area contributed by atoms with E-state index in [1.54, 1.807) is 0 Å². The Morgan fingerprint density at radius 2 is 1.67 bits per heavy atom. The van der Waals surface area contributed by atoms with Gasteiger partial charge >= 0.3 is 5.97 Å². The van der Waals surface area contributed by atoms with Crippen LogP contribution >= 0.6 is 0 Å². The first-order chi connectivity index (χ1) is 10.3. The topological polar surface area (TPSA) is 26.3 Å². The Labute approximate surface area is 123 Å². The molecule has 3 aromatic carbocycles. The highest BCUT2D eigenvalue weighted by atomic mass is 16.5. The summed E-state index contributed by atoms with van der Waals surface area (Å²) in [5.74, 6) is -0.232. The van der Waals surface area contributed by atoms with E-state index in [-0.39, 0.29) is 12.1 Å². The number of aryl methyl sites for hydroxylation is 1. The van der Waals surface area contributed by atoms with E-state index in [0.29, 0.717) is 5.56 Å². The standard InChI is InChI=1S/C19H14O2/c1-12-6-2-4-8-14(12)18-17-15-9-5-3-7-13(15)10-11-16(17)19(20)21-18/h2-11,18H,1H3/t18-/m0/s1. The highest BCUT2D eigenvalue weighted by molar-refractivity contribution is 6.02. The van der Waals surface area contributed by atoms with Gasteiger partial charge in [-0.25, -0.2) is 4.79 Å². The number of esters is 1. The number of hydrogen-bond acceptors (Lipinski definition) is 2. The Bertz CT molecular complexity index is 864. The van der Waals surface area contributed by atoms with Crippen LogP contribution in [0.1, 0.15) is 33.2 Å². The molecule has 0 amide bonds. The molecule has 21 heavy (non-hydrogen) atoms. The highest BCUT2D eigenvalue weighted by Gasteiger charge is 2.34. The lowest BCUT2D eigenvalue weighted by Gasteiger charge is -2.15. The van der Waals surface area contributed by atoms with Crippen LogP contribution in [0.15, 0.2) is 60.7 Å². The second kappa shape index (κ2) is 4.45. The summed E-state index contributed by atoms with van der Waals surface area (Å²) in [7, 11) is 0. The third-order valence-electron chi connectivity index (χ3n) is 4.15. The lowest BCUT2D eigenvalue weighted by atomic mass is 9.92. The van der Waals surface area contributed by atoms with Crippen LogP contribution in [-0.2, 0) is 4.74 Å². The van der Waals surface area contributed by atoms with Crippen molar-refractivity contribution in [1.82, 2.24) is 0 Å². The summed E-state index contributed by atoms with van der Waals surface area (Å²) in [6, 6.07) is 20.0. The number of fused-ring (bicyclic) bond motifs is 3. The Morgan fingerprint density at radius 3 is 2.52 bits per heavy atom. The van der Waals surface area contributed by atoms with Gasteiger partial charge in [-0.15, -0.1) is 0 Å². The van der Waals surface area contributed by atoms with Gasteiger partial charge in [-0.1, -0.05) is 54.6 Å². The molecule has 0 N–H and O–H groups in total. The zero-order valence-electron chi connectivity index (χ0n) is 11.7. The highest BCUT2D eigenvalue weighted by Crippen LogP contribution is 2.41. The largest absolute Gasteiger partial charge is 0.449 e. The quantitative estimate of drug-likeness (QED) is 0.614. The minimum absolute atomic E-state index is 0.232. The van der Waals surface area contributed by atoms with E-state index in [4.69, 9.17) is 4.74 Å². The van der Waals surface area contributed by atoms with Crippen LogP contribution in [0.5, 0.6) is 0 Å². The van der Waals surface area contributed by atoms with Crippen LogP contribution in [0.25, 0.3) is 10.8 Å². The van der Waals surface area contributed by atoms with E-state index in [1.807, 2.05) is 55.5 Å². The summed E-state index contributed by atoms with van der Waals surface area (Å²) in [4.78, 5) is 12.2. The molecule has 0 radical (unpaired) electrons. The first-order valence-electron chi connectivity index (χ1n) is 7.04. The first kappa shape index (κ1) is 12.2. The molecule has 1 atom stereocenters. The smallest absolute Gasteiger partial charge is 0.339 e. The fourth-order valence-electron chi connectivity index (χ4n) is 3.09. The fraction of sp³-hybridized carbons (Fsp3) is 0.105. The number of cyclic esters (lactones) is 1. The van der Waals surface area contributed by atoms with Crippen molar-refractivity contribution in [1.29, 1.82) is 0 Å². The van der Waals surface area contributed by atoms with Crippen LogP contribution in [0.3, 0.4) is 0 Å². The minimum Gasteiger partial charge on any atom is -0.449 e. The maximum atomic E-state index is 12.2. The predicted octanol–water partition coefficient (Wildman–Crippen LogP) is 4.41. The van der Waals surface area contributed by atoms with E-state index in [1.165, 1.54) is 0 Å². The van der Waals surface area contributed by atoms with Gasteiger partial charge < -0.3 is 4.74 Å². The van der Waals surface area contributed by atoms with Crippen LogP contribution in [0.4, 0.5) is 0 Å². The van der Waals surface area contributed by atoms with Gasteiger partial charge in [0.05, 0.1) is 5.56 Å². The van der Waals surface area contributed by atoms with E-state index in [9.17, 15) is 4.79 Å². The molecule has 0 fully saturated rings. The van der Waals surface area contributed by atoms with Crippen molar-refractivity contribution in [3.05, 3.63) is 82.9 Å². The van der Waals surface area contributed by atoms with Gasteiger partial charge in [-0.05, 0) is 34.9 Å². The first-order valence-corrected chi connectivity index (χ1v) is 7.04. The van der Waals surface area contributed by atoms with Gasteiger partial charge in [0, 0.05) is 5.56 Å². The Kier molecular flexibility index (Phi) is 2.58. The summed E-state index contributed by atoms with van der Waals surface area (Å²) >= 11 is 0. The van der Waals surface area contributed by atoms with Crippen molar-refractivity contribution in [2.75, 3.05) is 0 Å². The molecule has 0 saturated carbocycles. The lowest BCUT2D eigenvalue weighted by molar-refractivity contribution is 0.0456. The molecular formula is C19H14O2. The third kappa shape index (κ3) is 1.76. The molecule has 0 spiro atoms. The van der Waals surface area contributed by atoms with Crippen molar-refractivity contribution < 1.29 is 9.53 Å². The summed E-state index contributed by atoms with van der Waals surface area (Å²) in [5.41, 5.74) is 3.87. The number of carbonyl (C=O) groups excluding carboxylic acids is 1. The van der Waals surface area contributed by atoms with Crippen molar-refractivity contribution in [2.24, 2.45) is 0 Å². The summed E-state index contributed by atoms with van der Waals surface area (Å²) in [6.07, 6.45) is -0.306. The van der Waals surface area contributed by atoms with Gasteiger partial charge in [0.2, 0.25) is 0 Å². The van der Waals surface area contributed by atoms with Crippen molar-refractivity contribution in [3.63, 3.8) is 0 Å². The number of benzene rings is 3. The van der Waals surface area contributed by atoms with Crippen molar-refractivity contribution >= 4 is 16.7 Å². The third-order valence-corrected chi connectivity index (χ3v) is 4.15. The minimum atomic E-state index is -0.306. The molecular weight excluding hydrogens is 260 g/mol. The van der Waals surface area contributed by atoms with E-state index in [2.05, 4.69) is 12.1 Å². The van der Waals surface area contributed by atoms with Gasteiger partial charge in [0.15, 0.2) is 6.10 Å². The van der Waals surface area contributed by atoms with Gasteiger partial charge in [0.1, 0.15) is 0 Å². The number of rotatable bonds is 1. The van der Waals surface area contributed by atoms with Gasteiger partial charge in [-0.3, -0.25) is 0 Å². The summed E-state index contributed by atoms with van der Waals surface area (Å²) < 4.78 is 5.67. The molecule has 102 valence electrons. The molecule has 0 aromatic heterocycles. The molecule has 1 aliphatic heterocycles. The fourth-order valence-corrected chi connectivity index (χ4v) is 3.09. The second-order valence-corrected chi connectivity index (χ2v) is 5.39. The Morgan fingerprint density at radius 1 is 0.905 bits per heavy atom. The number of hydrogen-bond donors (Lipinski definition) is 0. The molecule has 0 bridgehead atoms. The molecule has 0 saturated heterocycles. The molecule has 1 heterocycles. The lowest BCUT2D eigenvalue weighted by Crippen LogP contribution is -2.03. The van der Waals surface area contributed by atoms with Crippen LogP contribution in [-0.4, -0.2) is 5.97 Å². The average molecular weight is 274 g/mol. The van der Waals surface area contributed by atoms with Crippen LogP contribution in [0, 0.1) is 6.92 Å². The normalized spacial score (nSPS) is 16.8.